The number of nitrogens with one attached hydrogen (secondary N) is 1. The van der Waals surface area contributed by atoms with Crippen LogP contribution in [0.4, 0.5) is 5.69 Å². The molecule has 1 unspecified atom stereocenters. The van der Waals surface area contributed by atoms with E-state index in [2.05, 4.69) is 10.2 Å². The Morgan fingerprint density at radius 1 is 1.13 bits per heavy atom. The number of para-hydroxylation sites is 1. The number of piperazine rings is 1. The monoisotopic (exact) mass is 379 g/mol. The van der Waals surface area contributed by atoms with E-state index in [4.69, 9.17) is 11.6 Å². The lowest BCUT2D eigenvalue weighted by Gasteiger charge is -2.38. The smallest absolute Gasteiger partial charge is 0.227 e. The van der Waals surface area contributed by atoms with Gasteiger partial charge < -0.3 is 15.1 Å². The first-order valence-electron chi connectivity index (χ1n) is 7.74. The third-order valence-electron chi connectivity index (χ3n) is 4.43. The van der Waals surface area contributed by atoms with Crippen molar-refractivity contribution < 1.29 is 4.79 Å². The van der Waals surface area contributed by atoms with Gasteiger partial charge in [0.25, 0.3) is 0 Å². The highest BCUT2D eigenvalue weighted by molar-refractivity contribution is 6.33. The number of carbonyl (C=O) groups is 1. The maximum absolute atomic E-state index is 12.5. The van der Waals surface area contributed by atoms with Crippen LogP contribution in [-0.2, 0) is 4.79 Å². The molecule has 2 fully saturated rings. The Balaban J connectivity index is 0.00000132. The molecule has 2 heterocycles. The van der Waals surface area contributed by atoms with Crippen molar-refractivity contribution in [3.05, 3.63) is 29.3 Å². The Morgan fingerprint density at radius 3 is 2.43 bits per heavy atom. The van der Waals surface area contributed by atoms with E-state index in [9.17, 15) is 4.79 Å². The molecule has 130 valence electrons. The van der Waals surface area contributed by atoms with Gasteiger partial charge in [0.05, 0.1) is 16.6 Å². The number of nitrogens with zero attached hydrogens (tertiary/aromatic N) is 2. The normalized spacial score (nSPS) is 21.2. The molecule has 23 heavy (non-hydrogen) atoms. The molecule has 1 N–H and O–H groups in total. The molecule has 0 radical (unpaired) electrons. The number of hydrogen-bond donors (Lipinski definition) is 1. The van der Waals surface area contributed by atoms with E-state index in [1.54, 1.807) is 0 Å². The molecule has 4 nitrogen and oxygen atoms in total. The second-order valence-electron chi connectivity index (χ2n) is 5.81. The van der Waals surface area contributed by atoms with Gasteiger partial charge in [-0.1, -0.05) is 23.7 Å². The Bertz CT molecular complexity index is 501. The standard InChI is InChI=1S/C16H22ClN3O.2ClH/c17-14-5-1-2-6-15(14)19-8-10-20(11-9-19)16(21)13-4-3-7-18-12-13;;/h1-2,5-6,13,18H,3-4,7-12H2;2*1H. The van der Waals surface area contributed by atoms with Crippen molar-refractivity contribution in [1.82, 2.24) is 10.2 Å². The van der Waals surface area contributed by atoms with Crippen molar-refractivity contribution in [1.29, 1.82) is 0 Å². The molecule has 2 saturated heterocycles. The molecule has 0 spiro atoms. The van der Waals surface area contributed by atoms with Gasteiger partial charge in [0.15, 0.2) is 0 Å². The average Bonchev–Trinajstić information content (AvgIpc) is 2.56. The van der Waals surface area contributed by atoms with E-state index in [1.807, 2.05) is 29.2 Å². The predicted octanol–water partition coefficient (Wildman–Crippen LogP) is 2.83. The fourth-order valence-electron chi connectivity index (χ4n) is 3.20. The van der Waals surface area contributed by atoms with Crippen LogP contribution < -0.4 is 10.2 Å². The number of benzene rings is 1. The Labute approximate surface area is 155 Å². The van der Waals surface area contributed by atoms with Crippen molar-refractivity contribution in [2.24, 2.45) is 5.92 Å². The molecule has 0 aliphatic carbocycles. The first kappa shape index (κ1) is 20.4. The molecule has 0 saturated carbocycles. The molecule has 1 aromatic rings. The lowest BCUT2D eigenvalue weighted by molar-refractivity contribution is -0.136. The van der Waals surface area contributed by atoms with Crippen LogP contribution in [-0.4, -0.2) is 50.1 Å². The zero-order valence-corrected chi connectivity index (χ0v) is 15.4. The minimum absolute atomic E-state index is 0. The average molecular weight is 381 g/mol. The maximum atomic E-state index is 12.5. The minimum Gasteiger partial charge on any atom is -0.367 e. The molecular weight excluding hydrogens is 357 g/mol. The summed E-state index contributed by atoms with van der Waals surface area (Å²) < 4.78 is 0. The van der Waals surface area contributed by atoms with Gasteiger partial charge in [-0.25, -0.2) is 0 Å². The van der Waals surface area contributed by atoms with E-state index in [-0.39, 0.29) is 30.7 Å². The second-order valence-corrected chi connectivity index (χ2v) is 6.21. The summed E-state index contributed by atoms with van der Waals surface area (Å²) >= 11 is 6.25. The van der Waals surface area contributed by atoms with Crippen molar-refractivity contribution in [2.45, 2.75) is 12.8 Å². The lowest BCUT2D eigenvalue weighted by atomic mass is 9.98. The van der Waals surface area contributed by atoms with Gasteiger partial charge in [-0.05, 0) is 31.5 Å². The summed E-state index contributed by atoms with van der Waals surface area (Å²) in [7, 11) is 0. The zero-order valence-electron chi connectivity index (χ0n) is 13.0. The third kappa shape index (κ3) is 4.90. The summed E-state index contributed by atoms with van der Waals surface area (Å²) in [4.78, 5) is 16.8. The van der Waals surface area contributed by atoms with Crippen LogP contribution in [0, 0.1) is 5.92 Å². The van der Waals surface area contributed by atoms with Crippen LogP contribution in [0.15, 0.2) is 24.3 Å². The number of rotatable bonds is 2. The van der Waals surface area contributed by atoms with E-state index >= 15 is 0 Å². The van der Waals surface area contributed by atoms with Crippen molar-refractivity contribution in [2.75, 3.05) is 44.2 Å². The van der Waals surface area contributed by atoms with Crippen LogP contribution in [0.3, 0.4) is 0 Å². The highest BCUT2D eigenvalue weighted by Crippen LogP contribution is 2.26. The number of piperidine rings is 1. The van der Waals surface area contributed by atoms with Crippen LogP contribution >= 0.6 is 36.4 Å². The molecule has 0 aromatic heterocycles. The molecule has 2 aliphatic rings. The minimum atomic E-state index is 0. The van der Waals surface area contributed by atoms with Crippen LogP contribution in [0.5, 0.6) is 0 Å². The number of carbonyl (C=O) groups excluding carboxylic acids is 1. The molecule has 2 aliphatic heterocycles. The zero-order chi connectivity index (χ0) is 14.7. The SMILES string of the molecule is Cl.Cl.O=C(C1CCCNC1)N1CCN(c2ccccc2Cl)CC1. The highest BCUT2D eigenvalue weighted by Gasteiger charge is 2.28. The maximum Gasteiger partial charge on any atom is 0.227 e. The number of amides is 1. The Kier molecular flexibility index (Phi) is 8.48. The fraction of sp³-hybridized carbons (Fsp3) is 0.562. The highest BCUT2D eigenvalue weighted by atomic mass is 35.5. The number of halogens is 3. The summed E-state index contributed by atoms with van der Waals surface area (Å²) in [6.07, 6.45) is 2.13. The van der Waals surface area contributed by atoms with E-state index in [0.29, 0.717) is 5.91 Å². The third-order valence-corrected chi connectivity index (χ3v) is 4.75. The van der Waals surface area contributed by atoms with E-state index in [0.717, 1.165) is 62.8 Å². The Hall–Kier alpha value is -0.680. The fourth-order valence-corrected chi connectivity index (χ4v) is 3.45. The second kappa shape index (κ2) is 9.58. The molecule has 3 rings (SSSR count). The summed E-state index contributed by atoms with van der Waals surface area (Å²) in [6, 6.07) is 7.92. The first-order valence-corrected chi connectivity index (χ1v) is 8.12. The molecule has 0 bridgehead atoms. The van der Waals surface area contributed by atoms with Crippen molar-refractivity contribution >= 4 is 48.0 Å². The number of anilines is 1. The van der Waals surface area contributed by atoms with Gasteiger partial charge in [-0.15, -0.1) is 24.8 Å². The Morgan fingerprint density at radius 2 is 1.83 bits per heavy atom. The lowest BCUT2D eigenvalue weighted by Crippen LogP contribution is -2.52. The quantitative estimate of drug-likeness (QED) is 0.857. The van der Waals surface area contributed by atoms with Gasteiger partial charge in [-0.3, -0.25) is 4.79 Å². The molecule has 7 heteroatoms. The van der Waals surface area contributed by atoms with E-state index < -0.39 is 0 Å². The van der Waals surface area contributed by atoms with Crippen LogP contribution in [0.1, 0.15) is 12.8 Å². The molecule has 1 aromatic carbocycles. The van der Waals surface area contributed by atoms with Gasteiger partial charge in [-0.2, -0.15) is 0 Å². The van der Waals surface area contributed by atoms with Gasteiger partial charge in [0.2, 0.25) is 5.91 Å². The first-order chi connectivity index (χ1) is 10.3. The van der Waals surface area contributed by atoms with Crippen molar-refractivity contribution in [3.8, 4) is 0 Å². The predicted molar refractivity (Wildman–Crippen MR) is 100 cm³/mol. The summed E-state index contributed by atoms with van der Waals surface area (Å²) in [5.41, 5.74) is 1.07. The summed E-state index contributed by atoms with van der Waals surface area (Å²) in [5.74, 6) is 0.492. The molecular formula is C16H24Cl3N3O. The topological polar surface area (TPSA) is 35.6 Å². The van der Waals surface area contributed by atoms with Gasteiger partial charge in [0.1, 0.15) is 0 Å². The van der Waals surface area contributed by atoms with Gasteiger partial charge in [0, 0.05) is 32.7 Å². The number of hydrogen-bond acceptors (Lipinski definition) is 3. The van der Waals surface area contributed by atoms with E-state index in [1.165, 1.54) is 0 Å². The van der Waals surface area contributed by atoms with Gasteiger partial charge >= 0.3 is 0 Å². The molecule has 1 amide bonds. The summed E-state index contributed by atoms with van der Waals surface area (Å²) in [6.45, 7) is 5.18. The van der Waals surface area contributed by atoms with Crippen LogP contribution in [0.2, 0.25) is 5.02 Å². The largest absolute Gasteiger partial charge is 0.367 e. The van der Waals surface area contributed by atoms with Crippen molar-refractivity contribution in [3.63, 3.8) is 0 Å². The van der Waals surface area contributed by atoms with Crippen LogP contribution in [0.25, 0.3) is 0 Å². The summed E-state index contributed by atoms with van der Waals surface area (Å²) in [5, 5.41) is 4.11. The molecule has 1 atom stereocenters.